The van der Waals surface area contributed by atoms with Gasteiger partial charge in [0.25, 0.3) is 0 Å². The number of aliphatic hydroxyl groups is 1. The molecule has 1 nitrogen and oxygen atoms in total. The van der Waals surface area contributed by atoms with E-state index in [4.69, 9.17) is 17.8 Å². The zero-order valence-electron chi connectivity index (χ0n) is 16.4. The van der Waals surface area contributed by atoms with Crippen molar-refractivity contribution in [2.24, 2.45) is 0 Å². The molecule has 0 aromatic rings. The highest BCUT2D eigenvalue weighted by molar-refractivity contribution is 4.43. The van der Waals surface area contributed by atoms with E-state index in [2.05, 4.69) is 0 Å². The van der Waals surface area contributed by atoms with Gasteiger partial charge in [0.15, 0.2) is 0 Å². The second kappa shape index (κ2) is 4.13. The van der Waals surface area contributed by atoms with Gasteiger partial charge in [-0.2, -0.15) is 0 Å². The molecule has 0 aliphatic rings. The van der Waals surface area contributed by atoms with E-state index in [1.54, 1.807) is 0 Å². The molecule has 0 aromatic heterocycles. The smallest absolute Gasteiger partial charge is 0.0597 e. The lowest BCUT2D eigenvalue weighted by molar-refractivity contribution is 0.181. The summed E-state index contributed by atoms with van der Waals surface area (Å²) in [6.07, 6.45) is -15.9. The van der Waals surface area contributed by atoms with Crippen molar-refractivity contribution in [1.29, 1.82) is 0 Å². The molecule has 0 aliphatic carbocycles. The molecule has 0 saturated heterocycles. The summed E-state index contributed by atoms with van der Waals surface area (Å²) in [5.41, 5.74) is 0. The van der Waals surface area contributed by atoms with Crippen molar-refractivity contribution in [1.82, 2.24) is 0 Å². The van der Waals surface area contributed by atoms with Crippen LogP contribution in [-0.4, -0.2) is 11.2 Å². The Bertz CT molecular complexity index is 324. The lowest BCUT2D eigenvalue weighted by Gasteiger charge is -1.98. The number of rotatable bonds is 3. The summed E-state index contributed by atoms with van der Waals surface area (Å²) < 4.78 is 92.2. The van der Waals surface area contributed by atoms with Gasteiger partial charge in [0.1, 0.15) is 0 Å². The van der Waals surface area contributed by atoms with Crippen LogP contribution in [0.1, 0.15) is 50.6 Å². The first-order chi connectivity index (χ1) is 8.25. The maximum atomic E-state index is 9.48. The molecule has 0 fully saturated rings. The highest BCUT2D eigenvalue weighted by Gasteiger charge is 1.90. The van der Waals surface area contributed by atoms with E-state index in [-0.39, 0.29) is 0 Å². The van der Waals surface area contributed by atoms with Crippen LogP contribution in [0.2, 0.25) is 0 Å². The molecule has 1 heteroatoms. The Balaban J connectivity index is 6.08. The molecule has 0 aromatic carbocycles. The average Bonchev–Trinajstić information content (AvgIpc) is 2.12. The Hall–Kier alpha value is -0.0400. The van der Waals surface area contributed by atoms with Crippen molar-refractivity contribution in [3.05, 3.63) is 0 Å². The van der Waals surface area contributed by atoms with Crippen molar-refractivity contribution in [3.63, 3.8) is 0 Å². The third kappa shape index (κ3) is 5.96. The molecule has 7 heavy (non-hydrogen) atoms. The largest absolute Gasteiger partial charge is 0.393 e. The highest BCUT2D eigenvalue weighted by atomic mass is 16.3. The van der Waals surface area contributed by atoms with Crippen LogP contribution in [-0.2, 0) is 0 Å². The molecule has 1 atom stereocenters. The van der Waals surface area contributed by atoms with Gasteiger partial charge >= 0.3 is 0 Å². The van der Waals surface area contributed by atoms with Crippen molar-refractivity contribution < 1.29 is 22.9 Å². The van der Waals surface area contributed by atoms with Crippen molar-refractivity contribution in [3.8, 4) is 0 Å². The summed E-state index contributed by atoms with van der Waals surface area (Å²) in [6, 6.07) is 0. The number of hydrogen-bond donors (Lipinski definition) is 1. The lowest BCUT2D eigenvalue weighted by Crippen LogP contribution is -1.97. The quantitative estimate of drug-likeness (QED) is 0.592. The Morgan fingerprint density at radius 2 is 3.00 bits per heavy atom. The zero-order valence-corrected chi connectivity index (χ0v) is 3.45. The van der Waals surface area contributed by atoms with Gasteiger partial charge in [-0.3, -0.25) is 0 Å². The molecule has 0 spiro atoms. The monoisotopic (exact) mass is 115 g/mol. The van der Waals surface area contributed by atoms with Gasteiger partial charge in [-0.25, -0.2) is 0 Å². The molecule has 0 aliphatic heterocycles. The van der Waals surface area contributed by atoms with Crippen molar-refractivity contribution in [2.45, 2.75) is 38.9 Å². The summed E-state index contributed by atoms with van der Waals surface area (Å²) >= 11 is 0. The summed E-state index contributed by atoms with van der Waals surface area (Å²) in [5, 5.41) is 9.48. The predicted octanol–water partition coefficient (Wildman–Crippen LogP) is 1.56. The second-order valence-electron chi connectivity index (χ2n) is 0.724. The molecule has 0 heterocycles. The third-order valence-electron chi connectivity index (χ3n) is 0.243. The van der Waals surface area contributed by atoms with E-state index in [1.807, 2.05) is 0 Å². The standard InChI is InChI=1S/C6H14O/c1-3-4-5-6(2)7/h6-7H,3-5H2,1-2H3/i1D3,2D3,3D2,4D2,5D2,6D. The molecule has 1 unspecified atom stereocenters. The van der Waals surface area contributed by atoms with Gasteiger partial charge in [-0.05, 0) is 13.2 Å². The normalized spacial score (nSPS) is 55.9. The average molecular weight is 115 g/mol. The van der Waals surface area contributed by atoms with Crippen LogP contribution in [0.15, 0.2) is 0 Å². The molecule has 1 N–H and O–H groups in total. The Morgan fingerprint density at radius 3 is 3.57 bits per heavy atom. The van der Waals surface area contributed by atoms with Gasteiger partial charge in [0.05, 0.1) is 7.45 Å². The van der Waals surface area contributed by atoms with Gasteiger partial charge in [-0.1, -0.05) is 19.6 Å². The Kier molecular flexibility index (Phi) is 0.406. The molecule has 0 amide bonds. The van der Waals surface area contributed by atoms with Crippen molar-refractivity contribution >= 4 is 0 Å². The molecule has 0 rings (SSSR count). The molecule has 0 radical (unpaired) electrons. The van der Waals surface area contributed by atoms with Crippen molar-refractivity contribution in [2.75, 3.05) is 0 Å². The van der Waals surface area contributed by atoms with Crippen LogP contribution in [0.4, 0.5) is 0 Å². The van der Waals surface area contributed by atoms with Crippen LogP contribution in [0, 0.1) is 0 Å². The minimum Gasteiger partial charge on any atom is -0.393 e. The molecule has 0 bridgehead atoms. The van der Waals surface area contributed by atoms with Crippen LogP contribution in [0.25, 0.3) is 0 Å². The fraction of sp³-hybridized carbons (Fsp3) is 1.00. The zero-order chi connectivity index (χ0) is 17.0. The Morgan fingerprint density at radius 1 is 2.14 bits per heavy atom. The summed E-state index contributed by atoms with van der Waals surface area (Å²) in [4.78, 5) is 0. The molecule has 44 valence electrons. The topological polar surface area (TPSA) is 20.2 Å². The van der Waals surface area contributed by atoms with Crippen LogP contribution < -0.4 is 0 Å². The van der Waals surface area contributed by atoms with Crippen LogP contribution in [0.5, 0.6) is 0 Å². The maximum Gasteiger partial charge on any atom is 0.0597 e. The van der Waals surface area contributed by atoms with E-state index < -0.39 is 38.9 Å². The van der Waals surface area contributed by atoms with Crippen LogP contribution >= 0.6 is 0 Å². The second-order valence-corrected chi connectivity index (χ2v) is 0.724. The van der Waals surface area contributed by atoms with Gasteiger partial charge < -0.3 is 5.11 Å². The van der Waals surface area contributed by atoms with Gasteiger partial charge in [0, 0.05) is 16.4 Å². The van der Waals surface area contributed by atoms with E-state index in [1.165, 1.54) is 0 Å². The summed E-state index contributed by atoms with van der Waals surface area (Å²) in [7, 11) is 0. The first-order valence-electron chi connectivity index (χ1n) is 7.97. The SMILES string of the molecule is [2H]C([2H])([2H])C([2H])([2H])C([2H])([2H])C([2H])([2H])C([2H])(O)C([2H])([2H])[2H]. The van der Waals surface area contributed by atoms with Gasteiger partial charge in [0.2, 0.25) is 0 Å². The van der Waals surface area contributed by atoms with E-state index in [0.29, 0.717) is 0 Å². The van der Waals surface area contributed by atoms with Crippen LogP contribution in [0.3, 0.4) is 0 Å². The minimum absolute atomic E-state index is 3.63. The summed E-state index contributed by atoms with van der Waals surface area (Å²) in [6.45, 7) is -7.34. The molecule has 0 saturated carbocycles. The van der Waals surface area contributed by atoms with E-state index in [9.17, 15) is 5.11 Å². The van der Waals surface area contributed by atoms with E-state index in [0.717, 1.165) is 0 Å². The lowest BCUT2D eigenvalue weighted by atomic mass is 10.2. The minimum atomic E-state index is -4.04. The van der Waals surface area contributed by atoms with E-state index >= 15 is 0 Å². The summed E-state index contributed by atoms with van der Waals surface area (Å²) in [5.74, 6) is 0. The molecular formula is C6H14O. The van der Waals surface area contributed by atoms with Gasteiger partial charge in [-0.15, -0.1) is 0 Å². The Labute approximate surface area is 63.6 Å². The first-order valence-corrected chi connectivity index (χ1v) is 1.47. The maximum absolute atomic E-state index is 9.48. The third-order valence-corrected chi connectivity index (χ3v) is 0.243. The molecular weight excluding hydrogens is 88.1 g/mol. The first kappa shape index (κ1) is 0.688. The highest BCUT2D eigenvalue weighted by Crippen LogP contribution is 1.97. The predicted molar refractivity (Wildman–Crippen MR) is 31.2 cm³/mol. The fourth-order valence-corrected chi connectivity index (χ4v) is 0.0905. The fourth-order valence-electron chi connectivity index (χ4n) is 0.0905. The number of hydrogen-bond acceptors (Lipinski definition) is 1.